The zero-order valence-corrected chi connectivity index (χ0v) is 15.8. The lowest BCUT2D eigenvalue weighted by atomic mass is 10.1. The van der Waals surface area contributed by atoms with E-state index in [9.17, 15) is 26.4 Å². The molecule has 2 aromatic carbocycles. The molecule has 1 N–H and O–H groups in total. The Balaban J connectivity index is 2.23. The summed E-state index contributed by atoms with van der Waals surface area (Å²) in [5.41, 5.74) is 1.42. The van der Waals surface area contributed by atoms with E-state index >= 15 is 0 Å². The number of rotatable bonds is 5. The molecule has 0 fully saturated rings. The van der Waals surface area contributed by atoms with Crippen molar-refractivity contribution < 1.29 is 26.4 Å². The molecule has 0 aliphatic carbocycles. The van der Waals surface area contributed by atoms with Gasteiger partial charge in [-0.15, -0.1) is 0 Å². The molecule has 1 amide bonds. The Morgan fingerprint density at radius 2 is 1.67 bits per heavy atom. The molecule has 2 aromatic rings. The van der Waals surface area contributed by atoms with E-state index in [1.807, 2.05) is 13.0 Å². The molecule has 0 saturated carbocycles. The molecular weight excluding hydrogens is 381 g/mol. The molecule has 9 heteroatoms. The van der Waals surface area contributed by atoms with Crippen molar-refractivity contribution in [2.75, 3.05) is 22.4 Å². The number of carbonyl (C=O) groups excluding carboxylic acids is 1. The highest BCUT2D eigenvalue weighted by Gasteiger charge is 2.30. The van der Waals surface area contributed by atoms with E-state index < -0.39 is 34.2 Å². The first-order valence-electron chi connectivity index (χ1n) is 7.90. The standard InChI is InChI=1S/C18H19F3N2O3S/c1-12-4-9-16(13(2)10-12)22-17(24)11-23(27(3,25)26)15-7-5-14(6-8-15)18(19,20)21/h4-10H,11H2,1-3H3,(H,22,24). The summed E-state index contributed by atoms with van der Waals surface area (Å²) >= 11 is 0. The SMILES string of the molecule is Cc1ccc(NC(=O)CN(c2ccc(C(F)(F)F)cc2)S(C)(=O)=O)c(C)c1. The summed E-state index contributed by atoms with van der Waals surface area (Å²) in [6.45, 7) is 3.14. The van der Waals surface area contributed by atoms with Crippen molar-refractivity contribution >= 4 is 27.3 Å². The van der Waals surface area contributed by atoms with Crippen molar-refractivity contribution in [1.82, 2.24) is 0 Å². The van der Waals surface area contributed by atoms with Crippen molar-refractivity contribution in [1.29, 1.82) is 0 Å². The van der Waals surface area contributed by atoms with Gasteiger partial charge in [0.1, 0.15) is 6.54 Å². The van der Waals surface area contributed by atoms with Gasteiger partial charge in [-0.25, -0.2) is 8.42 Å². The highest BCUT2D eigenvalue weighted by molar-refractivity contribution is 7.92. The van der Waals surface area contributed by atoms with Crippen molar-refractivity contribution in [2.45, 2.75) is 20.0 Å². The summed E-state index contributed by atoms with van der Waals surface area (Å²) in [5.74, 6) is -0.604. The number of amides is 1. The lowest BCUT2D eigenvalue weighted by Gasteiger charge is -2.22. The Kier molecular flexibility index (Phi) is 5.84. The maximum absolute atomic E-state index is 12.7. The number of alkyl halides is 3. The Morgan fingerprint density at radius 1 is 1.07 bits per heavy atom. The molecule has 146 valence electrons. The molecule has 0 heterocycles. The van der Waals surface area contributed by atoms with Gasteiger partial charge >= 0.3 is 6.18 Å². The van der Waals surface area contributed by atoms with Gasteiger partial charge in [0, 0.05) is 5.69 Å². The van der Waals surface area contributed by atoms with Crippen LogP contribution >= 0.6 is 0 Å². The minimum atomic E-state index is -4.53. The molecular formula is C18H19F3N2O3S. The van der Waals surface area contributed by atoms with E-state index in [-0.39, 0.29) is 5.69 Å². The van der Waals surface area contributed by atoms with Gasteiger partial charge in [-0.3, -0.25) is 9.10 Å². The number of benzene rings is 2. The minimum Gasteiger partial charge on any atom is -0.324 e. The summed E-state index contributed by atoms with van der Waals surface area (Å²) < 4.78 is 62.9. The van der Waals surface area contributed by atoms with Gasteiger partial charge in [0.25, 0.3) is 0 Å². The van der Waals surface area contributed by atoms with Crippen LogP contribution in [0.15, 0.2) is 42.5 Å². The molecule has 2 rings (SSSR count). The maximum atomic E-state index is 12.7. The van der Waals surface area contributed by atoms with Crippen LogP contribution in [0.5, 0.6) is 0 Å². The molecule has 5 nitrogen and oxygen atoms in total. The van der Waals surface area contributed by atoms with Crippen molar-refractivity contribution in [3.8, 4) is 0 Å². The van der Waals surface area contributed by atoms with E-state index in [0.717, 1.165) is 46.0 Å². The van der Waals surface area contributed by atoms with Gasteiger partial charge < -0.3 is 5.32 Å². The molecule has 0 radical (unpaired) electrons. The van der Waals surface area contributed by atoms with Crippen molar-refractivity contribution in [2.24, 2.45) is 0 Å². The Labute approximate surface area is 155 Å². The number of nitrogens with zero attached hydrogens (tertiary/aromatic N) is 1. The first-order valence-corrected chi connectivity index (χ1v) is 9.75. The zero-order valence-electron chi connectivity index (χ0n) is 15.0. The second kappa shape index (κ2) is 7.59. The van der Waals surface area contributed by atoms with Crippen LogP contribution in [0.3, 0.4) is 0 Å². The van der Waals surface area contributed by atoms with Crippen LogP contribution in [-0.4, -0.2) is 27.1 Å². The molecule has 0 aromatic heterocycles. The molecule has 0 spiro atoms. The number of carbonyl (C=O) groups is 1. The van der Waals surface area contributed by atoms with Gasteiger partial charge in [-0.1, -0.05) is 17.7 Å². The fourth-order valence-corrected chi connectivity index (χ4v) is 3.35. The number of nitrogens with one attached hydrogen (secondary N) is 1. The van der Waals surface area contributed by atoms with E-state index in [1.54, 1.807) is 19.1 Å². The van der Waals surface area contributed by atoms with Gasteiger partial charge in [-0.05, 0) is 49.7 Å². The van der Waals surface area contributed by atoms with Crippen LogP contribution < -0.4 is 9.62 Å². The maximum Gasteiger partial charge on any atom is 0.416 e. The second-order valence-electron chi connectivity index (χ2n) is 6.18. The van der Waals surface area contributed by atoms with E-state index in [0.29, 0.717) is 5.69 Å². The number of anilines is 2. The van der Waals surface area contributed by atoms with Crippen LogP contribution in [0.25, 0.3) is 0 Å². The van der Waals surface area contributed by atoms with Crippen LogP contribution in [-0.2, 0) is 21.0 Å². The van der Waals surface area contributed by atoms with Crippen LogP contribution in [0, 0.1) is 13.8 Å². The monoisotopic (exact) mass is 400 g/mol. The number of aryl methyl sites for hydroxylation is 2. The fraction of sp³-hybridized carbons (Fsp3) is 0.278. The highest BCUT2D eigenvalue weighted by atomic mass is 32.2. The average Bonchev–Trinajstić information content (AvgIpc) is 2.53. The minimum absolute atomic E-state index is 0.0266. The van der Waals surface area contributed by atoms with E-state index in [1.165, 1.54) is 0 Å². The molecule has 0 saturated heterocycles. The van der Waals surface area contributed by atoms with Gasteiger partial charge in [-0.2, -0.15) is 13.2 Å². The summed E-state index contributed by atoms with van der Waals surface area (Å²) in [4.78, 5) is 12.3. The Hall–Kier alpha value is -2.55. The van der Waals surface area contributed by atoms with Gasteiger partial charge in [0.2, 0.25) is 15.9 Å². The molecule has 27 heavy (non-hydrogen) atoms. The normalized spacial score (nSPS) is 11.9. The van der Waals surface area contributed by atoms with E-state index in [2.05, 4.69) is 5.32 Å². The predicted octanol–water partition coefficient (Wildman–Crippen LogP) is 3.73. The average molecular weight is 400 g/mol. The van der Waals surface area contributed by atoms with Crippen LogP contribution in [0.2, 0.25) is 0 Å². The highest BCUT2D eigenvalue weighted by Crippen LogP contribution is 2.31. The molecule has 0 atom stereocenters. The topological polar surface area (TPSA) is 66.5 Å². The van der Waals surface area contributed by atoms with Crippen molar-refractivity contribution in [3.05, 3.63) is 59.2 Å². The largest absolute Gasteiger partial charge is 0.416 e. The summed E-state index contributed by atoms with van der Waals surface area (Å²) in [5, 5.41) is 2.62. The van der Waals surface area contributed by atoms with Gasteiger partial charge in [0.15, 0.2) is 0 Å². The summed E-state index contributed by atoms with van der Waals surface area (Å²) in [6, 6.07) is 8.95. The third-order valence-electron chi connectivity index (χ3n) is 3.83. The predicted molar refractivity (Wildman–Crippen MR) is 98.2 cm³/mol. The fourth-order valence-electron chi connectivity index (χ4n) is 2.49. The number of hydrogen-bond donors (Lipinski definition) is 1. The zero-order chi connectivity index (χ0) is 20.4. The molecule has 0 unspecified atom stereocenters. The summed E-state index contributed by atoms with van der Waals surface area (Å²) in [7, 11) is -3.88. The lowest BCUT2D eigenvalue weighted by Crippen LogP contribution is -2.37. The van der Waals surface area contributed by atoms with Crippen LogP contribution in [0.1, 0.15) is 16.7 Å². The third-order valence-corrected chi connectivity index (χ3v) is 4.97. The van der Waals surface area contributed by atoms with Crippen LogP contribution in [0.4, 0.5) is 24.5 Å². The van der Waals surface area contributed by atoms with Crippen molar-refractivity contribution in [3.63, 3.8) is 0 Å². The Morgan fingerprint density at radius 3 is 2.15 bits per heavy atom. The molecule has 0 aliphatic rings. The third kappa shape index (κ3) is 5.46. The number of hydrogen-bond acceptors (Lipinski definition) is 3. The van der Waals surface area contributed by atoms with E-state index in [4.69, 9.17) is 0 Å². The lowest BCUT2D eigenvalue weighted by molar-refractivity contribution is -0.137. The second-order valence-corrected chi connectivity index (χ2v) is 8.09. The first kappa shape index (κ1) is 20.8. The Bertz CT molecular complexity index is 939. The molecule has 0 aliphatic heterocycles. The summed E-state index contributed by atoms with van der Waals surface area (Å²) in [6.07, 6.45) is -3.65. The molecule has 0 bridgehead atoms. The first-order chi connectivity index (χ1) is 12.4. The quantitative estimate of drug-likeness (QED) is 0.832. The number of halogens is 3. The number of sulfonamides is 1. The van der Waals surface area contributed by atoms with Gasteiger partial charge in [0.05, 0.1) is 17.5 Å². The smallest absolute Gasteiger partial charge is 0.324 e.